The van der Waals surface area contributed by atoms with Crippen molar-refractivity contribution in [1.82, 2.24) is 10.2 Å². The molecule has 1 aliphatic rings. The van der Waals surface area contributed by atoms with Crippen LogP contribution >= 0.6 is 0 Å². The maximum absolute atomic E-state index is 12.3. The summed E-state index contributed by atoms with van der Waals surface area (Å²) in [6.45, 7) is 0.311. The number of phenols is 1. The van der Waals surface area contributed by atoms with Crippen molar-refractivity contribution in [1.29, 1.82) is 0 Å². The van der Waals surface area contributed by atoms with Gasteiger partial charge in [0.05, 0.1) is 0 Å². The van der Waals surface area contributed by atoms with Gasteiger partial charge in [-0.1, -0.05) is 6.07 Å². The number of amides is 2. The fourth-order valence-corrected chi connectivity index (χ4v) is 2.38. The van der Waals surface area contributed by atoms with Crippen molar-refractivity contribution in [3.05, 3.63) is 29.3 Å². The summed E-state index contributed by atoms with van der Waals surface area (Å²) < 4.78 is 0. The molecule has 2 rings (SSSR count). The fourth-order valence-electron chi connectivity index (χ4n) is 2.38. The van der Waals surface area contributed by atoms with Crippen molar-refractivity contribution >= 4 is 18.1 Å². The summed E-state index contributed by atoms with van der Waals surface area (Å²) in [6, 6.07) is 3.91. The molecule has 2 amide bonds. The second-order valence-corrected chi connectivity index (χ2v) is 4.65. The third-order valence-corrected chi connectivity index (χ3v) is 3.41. The molecule has 0 saturated carbocycles. The molecule has 0 aliphatic carbocycles. The quantitative estimate of drug-likeness (QED) is 0.764. The van der Waals surface area contributed by atoms with Crippen LogP contribution in [0.15, 0.2) is 18.2 Å². The average molecular weight is 276 g/mol. The van der Waals surface area contributed by atoms with Crippen molar-refractivity contribution in [2.24, 2.45) is 0 Å². The van der Waals surface area contributed by atoms with Gasteiger partial charge in [0, 0.05) is 25.6 Å². The molecule has 0 aromatic heterocycles. The predicted octanol–water partition coefficient (Wildman–Crippen LogP) is 0.442. The SMILES string of the molecule is CNC(=O)C(CCC=O)N1Cc2ccc(O)cc2C1=O. The van der Waals surface area contributed by atoms with E-state index in [2.05, 4.69) is 5.32 Å². The number of phenolic OH excluding ortho intramolecular Hbond substituents is 1. The van der Waals surface area contributed by atoms with E-state index in [1.54, 1.807) is 6.07 Å². The second-order valence-electron chi connectivity index (χ2n) is 4.65. The smallest absolute Gasteiger partial charge is 0.255 e. The van der Waals surface area contributed by atoms with Crippen molar-refractivity contribution in [2.45, 2.75) is 25.4 Å². The lowest BCUT2D eigenvalue weighted by Crippen LogP contribution is -2.46. The first-order valence-corrected chi connectivity index (χ1v) is 6.36. The van der Waals surface area contributed by atoms with E-state index in [0.29, 0.717) is 12.1 Å². The van der Waals surface area contributed by atoms with Crippen LogP contribution in [0, 0.1) is 0 Å². The second kappa shape index (κ2) is 5.73. The minimum Gasteiger partial charge on any atom is -0.508 e. The molecular weight excluding hydrogens is 260 g/mol. The van der Waals surface area contributed by atoms with Gasteiger partial charge in [-0.2, -0.15) is 0 Å². The highest BCUT2D eigenvalue weighted by Crippen LogP contribution is 2.28. The van der Waals surface area contributed by atoms with Gasteiger partial charge in [0.1, 0.15) is 18.1 Å². The Bertz CT molecular complexity index is 556. The number of likely N-dealkylation sites (N-methyl/N-ethyl adjacent to an activating group) is 1. The first-order valence-electron chi connectivity index (χ1n) is 6.36. The summed E-state index contributed by atoms with van der Waals surface area (Å²) >= 11 is 0. The van der Waals surface area contributed by atoms with Crippen molar-refractivity contribution < 1.29 is 19.5 Å². The Hall–Kier alpha value is -2.37. The molecule has 1 atom stereocenters. The molecule has 1 aromatic carbocycles. The number of carbonyl (C=O) groups is 3. The highest BCUT2D eigenvalue weighted by molar-refractivity contribution is 6.01. The number of benzene rings is 1. The van der Waals surface area contributed by atoms with E-state index >= 15 is 0 Å². The lowest BCUT2D eigenvalue weighted by molar-refractivity contribution is -0.125. The summed E-state index contributed by atoms with van der Waals surface area (Å²) in [6.07, 6.45) is 1.23. The first-order chi connectivity index (χ1) is 9.58. The summed E-state index contributed by atoms with van der Waals surface area (Å²) in [4.78, 5) is 36.2. The zero-order valence-electron chi connectivity index (χ0n) is 11.1. The molecule has 20 heavy (non-hydrogen) atoms. The lowest BCUT2D eigenvalue weighted by atomic mass is 10.1. The van der Waals surface area contributed by atoms with E-state index in [1.165, 1.54) is 24.1 Å². The number of aldehydes is 1. The van der Waals surface area contributed by atoms with Gasteiger partial charge in [-0.15, -0.1) is 0 Å². The molecule has 106 valence electrons. The number of fused-ring (bicyclic) bond motifs is 1. The van der Waals surface area contributed by atoms with Crippen LogP contribution in [-0.2, 0) is 16.1 Å². The Kier molecular flexibility index (Phi) is 4.02. The monoisotopic (exact) mass is 276 g/mol. The zero-order valence-corrected chi connectivity index (χ0v) is 11.1. The Morgan fingerprint density at radius 1 is 1.55 bits per heavy atom. The summed E-state index contributed by atoms with van der Waals surface area (Å²) in [5.74, 6) is -0.573. The predicted molar refractivity (Wildman–Crippen MR) is 71.1 cm³/mol. The Balaban J connectivity index is 2.26. The number of hydrogen-bond acceptors (Lipinski definition) is 4. The standard InChI is InChI=1S/C14H16N2O4/c1-15-13(19)12(3-2-6-17)16-8-9-4-5-10(18)7-11(9)14(16)20/h4-7,12,18H,2-3,8H2,1H3,(H,15,19). The zero-order chi connectivity index (χ0) is 14.7. The van der Waals surface area contributed by atoms with Gasteiger partial charge in [0.2, 0.25) is 5.91 Å². The molecule has 1 heterocycles. The van der Waals surface area contributed by atoms with Gasteiger partial charge in [-0.05, 0) is 24.1 Å². The third kappa shape index (κ3) is 2.49. The van der Waals surface area contributed by atoms with E-state index in [-0.39, 0.29) is 30.4 Å². The molecular formula is C14H16N2O4. The summed E-state index contributed by atoms with van der Waals surface area (Å²) in [5, 5.41) is 12.0. The van der Waals surface area contributed by atoms with E-state index < -0.39 is 6.04 Å². The Morgan fingerprint density at radius 2 is 2.30 bits per heavy atom. The molecule has 1 aromatic rings. The van der Waals surface area contributed by atoms with Gasteiger partial charge in [0.15, 0.2) is 0 Å². The largest absolute Gasteiger partial charge is 0.508 e. The van der Waals surface area contributed by atoms with E-state index in [4.69, 9.17) is 0 Å². The molecule has 2 N–H and O–H groups in total. The number of hydrogen-bond donors (Lipinski definition) is 2. The van der Waals surface area contributed by atoms with Crippen LogP contribution in [0.25, 0.3) is 0 Å². The topological polar surface area (TPSA) is 86.7 Å². The van der Waals surface area contributed by atoms with Crippen LogP contribution in [0.5, 0.6) is 5.75 Å². The molecule has 6 heteroatoms. The Morgan fingerprint density at radius 3 is 2.95 bits per heavy atom. The van der Waals surface area contributed by atoms with Crippen molar-refractivity contribution in [2.75, 3.05) is 7.05 Å². The highest BCUT2D eigenvalue weighted by Gasteiger charge is 2.35. The van der Waals surface area contributed by atoms with Gasteiger partial charge in [-0.25, -0.2) is 0 Å². The van der Waals surface area contributed by atoms with Crippen LogP contribution in [0.4, 0.5) is 0 Å². The van der Waals surface area contributed by atoms with E-state index in [1.807, 2.05) is 0 Å². The van der Waals surface area contributed by atoms with Gasteiger partial charge < -0.3 is 20.1 Å². The van der Waals surface area contributed by atoms with Crippen LogP contribution in [0.1, 0.15) is 28.8 Å². The number of carbonyl (C=O) groups excluding carboxylic acids is 3. The van der Waals surface area contributed by atoms with E-state index in [0.717, 1.165) is 11.8 Å². The van der Waals surface area contributed by atoms with Crippen LogP contribution in [-0.4, -0.2) is 41.2 Å². The molecule has 0 fully saturated rings. The molecule has 0 bridgehead atoms. The number of nitrogens with one attached hydrogen (secondary N) is 1. The normalized spacial score (nSPS) is 14.8. The molecule has 0 spiro atoms. The average Bonchev–Trinajstić information content (AvgIpc) is 2.76. The lowest BCUT2D eigenvalue weighted by Gasteiger charge is -2.25. The molecule has 1 unspecified atom stereocenters. The first kappa shape index (κ1) is 14.0. The summed E-state index contributed by atoms with van der Waals surface area (Å²) in [7, 11) is 1.50. The molecule has 6 nitrogen and oxygen atoms in total. The molecule has 0 saturated heterocycles. The van der Waals surface area contributed by atoms with E-state index in [9.17, 15) is 19.5 Å². The Labute approximate surface area is 116 Å². The van der Waals surface area contributed by atoms with Gasteiger partial charge >= 0.3 is 0 Å². The number of nitrogens with zero attached hydrogens (tertiary/aromatic N) is 1. The maximum atomic E-state index is 12.3. The van der Waals surface area contributed by atoms with Crippen LogP contribution < -0.4 is 5.32 Å². The van der Waals surface area contributed by atoms with Crippen LogP contribution in [0.2, 0.25) is 0 Å². The van der Waals surface area contributed by atoms with Crippen molar-refractivity contribution in [3.8, 4) is 5.75 Å². The molecule has 1 aliphatic heterocycles. The van der Waals surface area contributed by atoms with Gasteiger partial charge in [0.25, 0.3) is 5.91 Å². The maximum Gasteiger partial charge on any atom is 0.255 e. The fraction of sp³-hybridized carbons (Fsp3) is 0.357. The summed E-state index contributed by atoms with van der Waals surface area (Å²) in [5.41, 5.74) is 1.18. The molecule has 0 radical (unpaired) electrons. The minimum absolute atomic E-state index is 0.0170. The van der Waals surface area contributed by atoms with Gasteiger partial charge in [-0.3, -0.25) is 9.59 Å². The third-order valence-electron chi connectivity index (χ3n) is 3.41. The number of aromatic hydroxyl groups is 1. The van der Waals surface area contributed by atoms with Crippen molar-refractivity contribution in [3.63, 3.8) is 0 Å². The number of rotatable bonds is 5. The highest BCUT2D eigenvalue weighted by atomic mass is 16.3. The van der Waals surface area contributed by atoms with Crippen LogP contribution in [0.3, 0.4) is 0 Å². The minimum atomic E-state index is -0.674.